The van der Waals surface area contributed by atoms with Crippen LogP contribution >= 0.6 is 11.8 Å². The van der Waals surface area contributed by atoms with E-state index in [9.17, 15) is 14.0 Å². The summed E-state index contributed by atoms with van der Waals surface area (Å²) in [5.74, 6) is 0.0451. The van der Waals surface area contributed by atoms with E-state index in [-0.39, 0.29) is 23.4 Å². The minimum atomic E-state index is -0.324. The van der Waals surface area contributed by atoms with E-state index in [1.165, 1.54) is 12.1 Å². The van der Waals surface area contributed by atoms with Crippen molar-refractivity contribution in [2.75, 3.05) is 24.2 Å². The van der Waals surface area contributed by atoms with Crippen molar-refractivity contribution in [3.63, 3.8) is 0 Å². The quantitative estimate of drug-likeness (QED) is 0.528. The first kappa shape index (κ1) is 21.6. The normalized spacial score (nSPS) is 10.6. The highest BCUT2D eigenvalue weighted by molar-refractivity contribution is 7.99. The number of anilines is 1. The molecule has 8 heteroatoms. The second kappa shape index (κ2) is 10.1. The van der Waals surface area contributed by atoms with E-state index in [4.69, 9.17) is 4.42 Å². The molecular weight excluding hydrogens is 405 g/mol. The van der Waals surface area contributed by atoms with Crippen molar-refractivity contribution in [3.05, 3.63) is 66.1 Å². The third-order valence-corrected chi connectivity index (χ3v) is 5.25. The summed E-state index contributed by atoms with van der Waals surface area (Å²) in [7, 11) is 0. The molecule has 2 aromatic carbocycles. The summed E-state index contributed by atoms with van der Waals surface area (Å²) in [6.45, 7) is 5.16. The van der Waals surface area contributed by atoms with E-state index in [1.54, 1.807) is 47.5 Å². The van der Waals surface area contributed by atoms with Crippen molar-refractivity contribution in [1.82, 2.24) is 9.88 Å². The van der Waals surface area contributed by atoms with Crippen LogP contribution in [0.1, 0.15) is 24.2 Å². The van der Waals surface area contributed by atoms with Crippen LogP contribution in [0, 0.1) is 5.82 Å². The monoisotopic (exact) mass is 427 g/mol. The molecule has 0 radical (unpaired) electrons. The fraction of sp³-hybridized carbons (Fsp3) is 0.227. The van der Waals surface area contributed by atoms with E-state index in [0.29, 0.717) is 40.9 Å². The number of carbonyl (C=O) groups is 2. The average Bonchev–Trinajstić information content (AvgIpc) is 3.23. The fourth-order valence-corrected chi connectivity index (χ4v) is 3.39. The third-order valence-electron chi connectivity index (χ3n) is 4.41. The summed E-state index contributed by atoms with van der Waals surface area (Å²) in [5.41, 5.74) is 1.90. The number of halogens is 1. The van der Waals surface area contributed by atoms with Crippen LogP contribution in [0.25, 0.3) is 11.3 Å². The van der Waals surface area contributed by atoms with E-state index in [2.05, 4.69) is 10.3 Å². The van der Waals surface area contributed by atoms with Gasteiger partial charge in [0, 0.05) is 29.9 Å². The molecule has 3 rings (SSSR count). The van der Waals surface area contributed by atoms with Crippen molar-refractivity contribution in [3.8, 4) is 11.3 Å². The van der Waals surface area contributed by atoms with Gasteiger partial charge in [-0.15, -0.1) is 0 Å². The van der Waals surface area contributed by atoms with Crippen molar-refractivity contribution < 1.29 is 18.4 Å². The van der Waals surface area contributed by atoms with Gasteiger partial charge < -0.3 is 14.6 Å². The third kappa shape index (κ3) is 5.48. The van der Waals surface area contributed by atoms with E-state index in [1.807, 2.05) is 13.8 Å². The molecule has 0 aliphatic carbocycles. The fourth-order valence-electron chi connectivity index (χ4n) is 2.79. The smallest absolute Gasteiger partial charge is 0.256 e. The van der Waals surface area contributed by atoms with Crippen LogP contribution in [-0.4, -0.2) is 40.5 Å². The van der Waals surface area contributed by atoms with Gasteiger partial charge in [0.25, 0.3) is 11.1 Å². The standard InChI is InChI=1S/C22H22FN3O3S/c1-3-26(4-2)21(28)16-7-11-18(12-8-16)25-20(27)14-30-22-24-13-19(29-22)15-5-9-17(23)10-6-15/h5-13H,3-4,14H2,1-2H3,(H,25,27). The van der Waals surface area contributed by atoms with E-state index in [0.717, 1.165) is 11.8 Å². The zero-order valence-electron chi connectivity index (χ0n) is 16.7. The SMILES string of the molecule is CCN(CC)C(=O)c1ccc(NC(=O)CSc2ncc(-c3ccc(F)cc3)o2)cc1. The summed E-state index contributed by atoms with van der Waals surface area (Å²) in [6, 6.07) is 12.7. The number of oxazole rings is 1. The number of nitrogens with zero attached hydrogens (tertiary/aromatic N) is 2. The lowest BCUT2D eigenvalue weighted by molar-refractivity contribution is -0.113. The Hall–Kier alpha value is -3.13. The Kier molecular flexibility index (Phi) is 7.24. The first-order chi connectivity index (χ1) is 14.5. The minimum absolute atomic E-state index is 0.0331. The van der Waals surface area contributed by atoms with Gasteiger partial charge in [0.05, 0.1) is 11.9 Å². The predicted octanol–water partition coefficient (Wildman–Crippen LogP) is 4.69. The molecule has 3 aromatic rings. The van der Waals surface area contributed by atoms with Crippen LogP contribution in [-0.2, 0) is 4.79 Å². The molecule has 1 N–H and O–H groups in total. The van der Waals surface area contributed by atoms with E-state index < -0.39 is 0 Å². The van der Waals surface area contributed by atoms with Gasteiger partial charge in [-0.2, -0.15) is 0 Å². The lowest BCUT2D eigenvalue weighted by atomic mass is 10.2. The van der Waals surface area contributed by atoms with Crippen LogP contribution in [0.3, 0.4) is 0 Å². The van der Waals surface area contributed by atoms with Crippen LogP contribution in [0.5, 0.6) is 0 Å². The summed E-state index contributed by atoms with van der Waals surface area (Å²) in [5, 5.41) is 3.14. The van der Waals surface area contributed by atoms with Crippen LogP contribution < -0.4 is 5.32 Å². The largest absolute Gasteiger partial charge is 0.431 e. The zero-order chi connectivity index (χ0) is 21.5. The molecule has 0 saturated carbocycles. The molecule has 1 aromatic heterocycles. The Labute approximate surface area is 178 Å². The van der Waals surface area contributed by atoms with Gasteiger partial charge >= 0.3 is 0 Å². The molecule has 6 nitrogen and oxygen atoms in total. The second-order valence-corrected chi connectivity index (χ2v) is 7.32. The number of thioether (sulfide) groups is 1. The lowest BCUT2D eigenvalue weighted by Crippen LogP contribution is -2.30. The molecule has 0 bridgehead atoms. The molecule has 0 atom stereocenters. The number of aromatic nitrogens is 1. The Balaban J connectivity index is 1.52. The highest BCUT2D eigenvalue weighted by atomic mass is 32.2. The number of rotatable bonds is 8. The first-order valence-electron chi connectivity index (χ1n) is 9.54. The summed E-state index contributed by atoms with van der Waals surface area (Å²) < 4.78 is 18.6. The molecule has 0 fully saturated rings. The number of amides is 2. The van der Waals surface area contributed by atoms with Crippen LogP contribution in [0.15, 0.2) is 64.4 Å². The Morgan fingerprint density at radius 2 is 1.73 bits per heavy atom. The van der Waals surface area contributed by atoms with Gasteiger partial charge in [-0.3, -0.25) is 9.59 Å². The highest BCUT2D eigenvalue weighted by Gasteiger charge is 2.13. The van der Waals surface area contributed by atoms with Gasteiger partial charge in [-0.25, -0.2) is 9.37 Å². The summed E-state index contributed by atoms with van der Waals surface area (Å²) in [4.78, 5) is 30.4. The Morgan fingerprint density at radius 3 is 2.37 bits per heavy atom. The van der Waals surface area contributed by atoms with Crippen molar-refractivity contribution >= 4 is 29.3 Å². The maximum atomic E-state index is 13.0. The molecule has 1 heterocycles. The first-order valence-corrected chi connectivity index (χ1v) is 10.5. The molecule has 0 unspecified atom stereocenters. The Morgan fingerprint density at radius 1 is 1.07 bits per heavy atom. The molecule has 0 spiro atoms. The van der Waals surface area contributed by atoms with Gasteiger partial charge in [-0.05, 0) is 62.4 Å². The molecule has 0 saturated heterocycles. The average molecular weight is 428 g/mol. The number of carbonyl (C=O) groups excluding carboxylic acids is 2. The van der Waals surface area contributed by atoms with Crippen molar-refractivity contribution in [2.45, 2.75) is 19.1 Å². The zero-order valence-corrected chi connectivity index (χ0v) is 17.5. The van der Waals surface area contributed by atoms with Crippen LogP contribution in [0.2, 0.25) is 0 Å². The Bertz CT molecular complexity index is 999. The molecule has 2 amide bonds. The molecule has 0 aliphatic heterocycles. The number of nitrogens with one attached hydrogen (secondary N) is 1. The summed E-state index contributed by atoms with van der Waals surface area (Å²) in [6.07, 6.45) is 1.54. The maximum absolute atomic E-state index is 13.0. The number of hydrogen-bond donors (Lipinski definition) is 1. The van der Waals surface area contributed by atoms with Gasteiger partial charge in [0.15, 0.2) is 5.76 Å². The van der Waals surface area contributed by atoms with Gasteiger partial charge in [0.2, 0.25) is 5.91 Å². The summed E-state index contributed by atoms with van der Waals surface area (Å²) >= 11 is 1.16. The molecule has 156 valence electrons. The van der Waals surface area contributed by atoms with Crippen LogP contribution in [0.4, 0.5) is 10.1 Å². The number of hydrogen-bond acceptors (Lipinski definition) is 5. The molecule has 0 aliphatic rings. The second-order valence-electron chi connectivity index (χ2n) is 6.39. The topological polar surface area (TPSA) is 75.4 Å². The lowest BCUT2D eigenvalue weighted by Gasteiger charge is -2.18. The maximum Gasteiger partial charge on any atom is 0.256 e. The highest BCUT2D eigenvalue weighted by Crippen LogP contribution is 2.25. The molecule has 30 heavy (non-hydrogen) atoms. The van der Waals surface area contributed by atoms with Crippen molar-refractivity contribution in [1.29, 1.82) is 0 Å². The van der Waals surface area contributed by atoms with Gasteiger partial charge in [-0.1, -0.05) is 11.8 Å². The van der Waals surface area contributed by atoms with E-state index >= 15 is 0 Å². The predicted molar refractivity (Wildman–Crippen MR) is 115 cm³/mol. The minimum Gasteiger partial charge on any atom is -0.431 e. The van der Waals surface area contributed by atoms with Crippen molar-refractivity contribution in [2.24, 2.45) is 0 Å². The molecular formula is C22H22FN3O3S. The van der Waals surface area contributed by atoms with Gasteiger partial charge in [0.1, 0.15) is 5.82 Å². The number of benzene rings is 2.